The molecule has 0 atom stereocenters. The van der Waals surface area contributed by atoms with Gasteiger partial charge in [-0.2, -0.15) is 0 Å². The fraction of sp³-hybridized carbons (Fsp3) is 0. The van der Waals surface area contributed by atoms with Gasteiger partial charge in [-0.15, -0.1) is 0 Å². The Hall–Kier alpha value is -1.96. The third-order valence-electron chi connectivity index (χ3n) is 3.21. The van der Waals surface area contributed by atoms with E-state index in [2.05, 4.69) is 60.7 Å². The number of rotatable bonds is 4. The molecule has 0 unspecified atom stereocenters. The van der Waals surface area contributed by atoms with Crippen LogP contribution in [0.3, 0.4) is 0 Å². The van der Waals surface area contributed by atoms with Gasteiger partial charge in [-0.05, 0) is 29.3 Å². The lowest BCUT2D eigenvalue weighted by atomic mass is 10.1. The topological polar surface area (TPSA) is 0 Å². The van der Waals surface area contributed by atoms with E-state index in [9.17, 15) is 0 Å². The molecule has 0 bridgehead atoms. The Balaban J connectivity index is 2.01. The Kier molecular flexibility index (Phi) is 4.99. The van der Waals surface area contributed by atoms with E-state index >= 15 is 0 Å². The fourth-order valence-corrected chi connectivity index (χ4v) is 3.37. The minimum absolute atomic E-state index is 0.780. The normalized spacial score (nSPS) is 11.4. The van der Waals surface area contributed by atoms with Gasteiger partial charge in [0.25, 0.3) is 0 Å². The zero-order chi connectivity index (χ0) is 15.2. The molecule has 2 heteroatoms. The highest BCUT2D eigenvalue weighted by atomic mass is 35.5. The molecule has 0 nitrogen and oxygen atoms in total. The van der Waals surface area contributed by atoms with E-state index in [0.29, 0.717) is 0 Å². The molecular formula is C20H15ClS. The van der Waals surface area contributed by atoms with Crippen LogP contribution in [0.25, 0.3) is 11.0 Å². The molecule has 0 spiro atoms. The average Bonchev–Trinajstić information content (AvgIpc) is 2.58. The molecule has 0 heterocycles. The van der Waals surface area contributed by atoms with E-state index in [1.165, 1.54) is 16.0 Å². The Morgan fingerprint density at radius 3 is 2.00 bits per heavy atom. The summed E-state index contributed by atoms with van der Waals surface area (Å²) < 4.78 is 0. The minimum Gasteiger partial charge on any atom is -0.0879 e. The fourth-order valence-electron chi connectivity index (χ4n) is 2.12. The van der Waals surface area contributed by atoms with Crippen molar-refractivity contribution in [1.29, 1.82) is 0 Å². The largest absolute Gasteiger partial charge is 0.0879 e. The maximum Gasteiger partial charge on any atom is 0.0545 e. The number of thioether (sulfide) groups is 1. The summed E-state index contributed by atoms with van der Waals surface area (Å²) in [5.41, 5.74) is 2.37. The highest BCUT2D eigenvalue weighted by Crippen LogP contribution is 2.38. The number of hydrogen-bond acceptors (Lipinski definition) is 1. The van der Waals surface area contributed by atoms with Crippen molar-refractivity contribution < 1.29 is 0 Å². The van der Waals surface area contributed by atoms with Crippen molar-refractivity contribution >= 4 is 34.3 Å². The summed E-state index contributed by atoms with van der Waals surface area (Å²) in [6, 6.07) is 28.7. The Morgan fingerprint density at radius 2 is 1.32 bits per heavy atom. The first kappa shape index (κ1) is 15.0. The molecule has 0 aromatic heterocycles. The molecule has 0 saturated heterocycles. The average molecular weight is 323 g/mol. The Morgan fingerprint density at radius 1 is 0.727 bits per heavy atom. The van der Waals surface area contributed by atoms with Gasteiger partial charge < -0.3 is 0 Å². The van der Waals surface area contributed by atoms with E-state index in [4.69, 9.17) is 11.6 Å². The maximum absolute atomic E-state index is 6.31. The highest BCUT2D eigenvalue weighted by Gasteiger charge is 2.07. The van der Waals surface area contributed by atoms with Gasteiger partial charge in [0, 0.05) is 9.80 Å². The van der Waals surface area contributed by atoms with Crippen LogP contribution in [-0.4, -0.2) is 0 Å². The standard InChI is InChI=1S/C20H15ClS/c21-18-13-7-8-14-19(18)22-20(17-11-5-2-6-12-17)15-16-9-3-1-4-10-16/h1-15H/b20-15-. The van der Waals surface area contributed by atoms with Gasteiger partial charge in [0.15, 0.2) is 0 Å². The van der Waals surface area contributed by atoms with Crippen LogP contribution < -0.4 is 0 Å². The lowest BCUT2D eigenvalue weighted by Gasteiger charge is -2.09. The van der Waals surface area contributed by atoms with Crippen LogP contribution in [0.15, 0.2) is 89.8 Å². The van der Waals surface area contributed by atoms with Gasteiger partial charge in [0.2, 0.25) is 0 Å². The summed E-state index contributed by atoms with van der Waals surface area (Å²) >= 11 is 8.00. The molecule has 0 amide bonds. The van der Waals surface area contributed by atoms with E-state index in [1.807, 2.05) is 30.3 Å². The zero-order valence-electron chi connectivity index (χ0n) is 11.9. The highest BCUT2D eigenvalue weighted by molar-refractivity contribution is 8.08. The monoisotopic (exact) mass is 322 g/mol. The van der Waals surface area contributed by atoms with Gasteiger partial charge in [0.05, 0.1) is 5.02 Å². The van der Waals surface area contributed by atoms with Crippen LogP contribution in [0.4, 0.5) is 0 Å². The number of halogens is 1. The third-order valence-corrected chi connectivity index (χ3v) is 4.80. The Bertz CT molecular complexity index is 764. The van der Waals surface area contributed by atoms with E-state index in [0.717, 1.165) is 9.92 Å². The smallest absolute Gasteiger partial charge is 0.0545 e. The second-order valence-corrected chi connectivity index (χ2v) is 6.31. The zero-order valence-corrected chi connectivity index (χ0v) is 13.5. The molecule has 22 heavy (non-hydrogen) atoms. The second-order valence-electron chi connectivity index (χ2n) is 4.82. The second kappa shape index (κ2) is 7.35. The van der Waals surface area contributed by atoms with Crippen molar-refractivity contribution in [1.82, 2.24) is 0 Å². The first-order chi connectivity index (χ1) is 10.8. The molecule has 0 aliphatic rings. The van der Waals surface area contributed by atoms with Crippen molar-refractivity contribution in [2.75, 3.05) is 0 Å². The molecular weight excluding hydrogens is 308 g/mol. The summed E-state index contributed by atoms with van der Waals surface area (Å²) in [7, 11) is 0. The summed E-state index contributed by atoms with van der Waals surface area (Å²) in [6.45, 7) is 0. The summed E-state index contributed by atoms with van der Waals surface area (Å²) in [6.07, 6.45) is 2.20. The molecule has 0 N–H and O–H groups in total. The third kappa shape index (κ3) is 3.82. The summed E-state index contributed by atoms with van der Waals surface area (Å²) in [4.78, 5) is 2.25. The molecule has 0 fully saturated rings. The van der Waals surface area contributed by atoms with Gasteiger partial charge in [-0.1, -0.05) is 96.2 Å². The van der Waals surface area contributed by atoms with Crippen molar-refractivity contribution in [3.05, 3.63) is 101 Å². The lowest BCUT2D eigenvalue weighted by molar-refractivity contribution is 1.47. The van der Waals surface area contributed by atoms with Gasteiger partial charge in [0.1, 0.15) is 0 Å². The SMILES string of the molecule is Clc1ccccc1S/C(=C\c1ccccc1)c1ccccc1. The van der Waals surface area contributed by atoms with Crippen LogP contribution >= 0.6 is 23.4 Å². The molecule has 0 saturated carbocycles. The van der Waals surface area contributed by atoms with Gasteiger partial charge in [-0.3, -0.25) is 0 Å². The van der Waals surface area contributed by atoms with Crippen LogP contribution in [0.2, 0.25) is 5.02 Å². The van der Waals surface area contributed by atoms with Crippen molar-refractivity contribution in [3.8, 4) is 0 Å². The van der Waals surface area contributed by atoms with E-state index in [-0.39, 0.29) is 0 Å². The lowest BCUT2D eigenvalue weighted by Crippen LogP contribution is -1.82. The van der Waals surface area contributed by atoms with Crippen molar-refractivity contribution in [2.45, 2.75) is 4.90 Å². The summed E-state index contributed by atoms with van der Waals surface area (Å²) in [5, 5.41) is 0.780. The molecule has 0 radical (unpaired) electrons. The number of hydrogen-bond donors (Lipinski definition) is 0. The van der Waals surface area contributed by atoms with Crippen LogP contribution in [0.5, 0.6) is 0 Å². The minimum atomic E-state index is 0.780. The molecule has 3 rings (SSSR count). The maximum atomic E-state index is 6.31. The van der Waals surface area contributed by atoms with Gasteiger partial charge in [-0.25, -0.2) is 0 Å². The molecule has 108 valence electrons. The quantitative estimate of drug-likeness (QED) is 0.383. The van der Waals surface area contributed by atoms with E-state index < -0.39 is 0 Å². The Labute approximate surface area is 140 Å². The number of benzene rings is 3. The summed E-state index contributed by atoms with van der Waals surface area (Å²) in [5.74, 6) is 0. The van der Waals surface area contributed by atoms with Crippen LogP contribution in [-0.2, 0) is 0 Å². The first-order valence-electron chi connectivity index (χ1n) is 7.07. The van der Waals surface area contributed by atoms with E-state index in [1.54, 1.807) is 11.8 Å². The van der Waals surface area contributed by atoms with Gasteiger partial charge >= 0.3 is 0 Å². The first-order valence-corrected chi connectivity index (χ1v) is 8.27. The van der Waals surface area contributed by atoms with Crippen LogP contribution in [0.1, 0.15) is 11.1 Å². The molecule has 0 aliphatic carbocycles. The van der Waals surface area contributed by atoms with Crippen LogP contribution in [0, 0.1) is 0 Å². The molecule has 3 aromatic carbocycles. The molecule has 3 aromatic rings. The predicted molar refractivity (Wildman–Crippen MR) is 98.1 cm³/mol. The molecule has 0 aliphatic heterocycles. The predicted octanol–water partition coefficient (Wildman–Crippen LogP) is 6.63. The van der Waals surface area contributed by atoms with Crippen molar-refractivity contribution in [3.63, 3.8) is 0 Å². The van der Waals surface area contributed by atoms with Crippen molar-refractivity contribution in [2.24, 2.45) is 0 Å².